The van der Waals surface area contributed by atoms with Crippen LogP contribution in [0, 0.1) is 0 Å². The molecule has 0 aliphatic heterocycles. The van der Waals surface area contributed by atoms with Crippen LogP contribution in [0.5, 0.6) is 0 Å². The summed E-state index contributed by atoms with van der Waals surface area (Å²) in [6.07, 6.45) is 5.66. The van der Waals surface area contributed by atoms with Gasteiger partial charge in [0.15, 0.2) is 0 Å². The zero-order valence-corrected chi connectivity index (χ0v) is 18.9. The molecule has 0 aliphatic rings. The van der Waals surface area contributed by atoms with E-state index in [1.54, 1.807) is 6.08 Å². The molecule has 0 radical (unpaired) electrons. The molecule has 0 spiro atoms. The van der Waals surface area contributed by atoms with Gasteiger partial charge in [-0.2, -0.15) is 0 Å². The maximum absolute atomic E-state index is 6.64. The summed E-state index contributed by atoms with van der Waals surface area (Å²) in [4.78, 5) is 0. The van der Waals surface area contributed by atoms with Gasteiger partial charge in [-0.15, -0.1) is 0 Å². The van der Waals surface area contributed by atoms with Crippen LogP contribution in [0.1, 0.15) is 0 Å². The Bertz CT molecular complexity index is 1040. The second-order valence-corrected chi connectivity index (χ2v) is 19.1. The normalized spacial score (nSPS) is 14.1. The smallest absolute Gasteiger partial charge is 0.0491 e. The van der Waals surface area contributed by atoms with Crippen LogP contribution in [0.2, 0.25) is 0 Å². The summed E-state index contributed by atoms with van der Waals surface area (Å²) in [6.45, 7) is 8.00. The number of hydrogen-bond donors (Lipinski definition) is 0. The minimum absolute atomic E-state index is 1.01. The first-order valence-corrected chi connectivity index (χ1v) is 15.2. The van der Waals surface area contributed by atoms with Crippen molar-refractivity contribution in [3.63, 3.8) is 0 Å². The summed E-state index contributed by atoms with van der Waals surface area (Å²) >= 11 is 13.3. The van der Waals surface area contributed by atoms with Crippen molar-refractivity contribution >= 4 is 51.0 Å². The van der Waals surface area contributed by atoms with E-state index in [1.165, 1.54) is 0 Å². The second kappa shape index (κ2) is 9.12. The van der Waals surface area contributed by atoms with Gasteiger partial charge in [0.25, 0.3) is 0 Å². The van der Waals surface area contributed by atoms with Gasteiger partial charge in [0.05, 0.1) is 0 Å². The second-order valence-electron chi connectivity index (χ2n) is 6.19. The molecule has 0 amide bonds. The Morgan fingerprint density at radius 2 is 1.04 bits per heavy atom. The van der Waals surface area contributed by atoms with Crippen molar-refractivity contribution in [1.29, 1.82) is 0 Å². The maximum atomic E-state index is 6.64. The molecule has 0 fully saturated rings. The van der Waals surface area contributed by atoms with Gasteiger partial charge in [0.1, 0.15) is 0 Å². The molecule has 0 bridgehead atoms. The molecular weight excluding hydrogens is 414 g/mol. The van der Waals surface area contributed by atoms with E-state index in [2.05, 4.69) is 73.8 Å². The van der Waals surface area contributed by atoms with E-state index in [1.807, 2.05) is 42.5 Å². The standard InChI is InChI=1S/C24H22P2S2/c1-3-14-21(4-2)25(27,22-15-8-5-9-16-22)26(28,23-17-10-6-11-18-23)24-19-12-7-13-20-24/h3-20H,1-2H2/b21-14+. The maximum Gasteiger partial charge on any atom is 0.0491 e. The third kappa shape index (κ3) is 3.59. The Morgan fingerprint density at radius 1 is 0.643 bits per heavy atom. The van der Waals surface area contributed by atoms with Gasteiger partial charge in [0, 0.05) is 11.5 Å². The fraction of sp³-hybridized carbons (Fsp3) is 0. The zero-order valence-electron chi connectivity index (χ0n) is 15.5. The lowest BCUT2D eigenvalue weighted by atomic mass is 10.4. The first-order valence-electron chi connectivity index (χ1n) is 8.92. The van der Waals surface area contributed by atoms with Gasteiger partial charge in [-0.25, -0.2) is 0 Å². The SMILES string of the molecule is C=C/C=C(\C=C)P(=S)(c1ccccc1)P(=S)(c1ccccc1)c1ccccc1. The van der Waals surface area contributed by atoms with Gasteiger partial charge in [-0.3, -0.25) is 0 Å². The van der Waals surface area contributed by atoms with Crippen LogP contribution in [-0.2, 0) is 23.6 Å². The summed E-state index contributed by atoms with van der Waals surface area (Å²) in [5, 5.41) is 4.41. The third-order valence-electron chi connectivity index (χ3n) is 4.56. The molecule has 0 aliphatic carbocycles. The molecule has 0 saturated heterocycles. The lowest BCUT2D eigenvalue weighted by Crippen LogP contribution is -2.20. The minimum Gasteiger partial charge on any atom is -0.0990 e. The van der Waals surface area contributed by atoms with Crippen molar-refractivity contribution in [3.05, 3.63) is 128 Å². The molecular formula is C24H22P2S2. The summed E-state index contributed by atoms with van der Waals surface area (Å²) in [6, 6.07) is 31.1. The Morgan fingerprint density at radius 3 is 1.39 bits per heavy atom. The molecule has 140 valence electrons. The van der Waals surface area contributed by atoms with Crippen molar-refractivity contribution in [1.82, 2.24) is 0 Å². The quantitative estimate of drug-likeness (QED) is 0.325. The van der Waals surface area contributed by atoms with E-state index in [0.29, 0.717) is 0 Å². The Labute approximate surface area is 178 Å². The van der Waals surface area contributed by atoms with Crippen LogP contribution in [0.4, 0.5) is 0 Å². The molecule has 0 N–H and O–H groups in total. The zero-order chi connectivity index (χ0) is 20.0. The molecule has 1 unspecified atom stereocenters. The highest BCUT2D eigenvalue weighted by molar-refractivity contribution is 8.73. The molecule has 3 aromatic carbocycles. The number of hydrogen-bond acceptors (Lipinski definition) is 2. The lowest BCUT2D eigenvalue weighted by Gasteiger charge is -2.37. The molecule has 0 nitrogen and oxygen atoms in total. The molecule has 28 heavy (non-hydrogen) atoms. The summed E-state index contributed by atoms with van der Waals surface area (Å²) in [5.41, 5.74) is -4.83. The Hall–Kier alpha value is -1.82. The van der Waals surface area contributed by atoms with Gasteiger partial charge in [-0.05, 0) is 21.2 Å². The fourth-order valence-corrected chi connectivity index (χ4v) is 17.9. The topological polar surface area (TPSA) is 0 Å². The largest absolute Gasteiger partial charge is 0.0990 e. The molecule has 0 aromatic heterocycles. The Balaban J connectivity index is 2.48. The van der Waals surface area contributed by atoms with Crippen LogP contribution in [0.25, 0.3) is 0 Å². The van der Waals surface area contributed by atoms with Crippen molar-refractivity contribution in [2.24, 2.45) is 0 Å². The number of allylic oxidation sites excluding steroid dienone is 4. The summed E-state index contributed by atoms with van der Waals surface area (Å²) < 4.78 is 0. The van der Waals surface area contributed by atoms with Gasteiger partial charge in [0.2, 0.25) is 0 Å². The van der Waals surface area contributed by atoms with Crippen LogP contribution < -0.4 is 15.9 Å². The predicted octanol–water partition coefficient (Wildman–Crippen LogP) is 6.09. The minimum atomic E-state index is -2.43. The molecule has 0 saturated carbocycles. The number of benzene rings is 3. The molecule has 1 atom stereocenters. The van der Waals surface area contributed by atoms with Crippen molar-refractivity contribution < 1.29 is 0 Å². The van der Waals surface area contributed by atoms with Crippen molar-refractivity contribution in [2.45, 2.75) is 0 Å². The van der Waals surface area contributed by atoms with Crippen LogP contribution in [0.15, 0.2) is 128 Å². The lowest BCUT2D eigenvalue weighted by molar-refractivity contribution is 1.75. The highest BCUT2D eigenvalue weighted by Crippen LogP contribution is 2.83. The monoisotopic (exact) mass is 436 g/mol. The predicted molar refractivity (Wildman–Crippen MR) is 135 cm³/mol. The van der Waals surface area contributed by atoms with Gasteiger partial charge < -0.3 is 0 Å². The van der Waals surface area contributed by atoms with Crippen LogP contribution in [0.3, 0.4) is 0 Å². The summed E-state index contributed by atoms with van der Waals surface area (Å²) in [5.74, 6) is 0. The first kappa shape index (κ1) is 20.9. The highest BCUT2D eigenvalue weighted by atomic mass is 32.8. The first-order chi connectivity index (χ1) is 13.6. The fourth-order valence-electron chi connectivity index (χ4n) is 3.25. The van der Waals surface area contributed by atoms with Crippen LogP contribution >= 0.6 is 11.5 Å². The Kier molecular flexibility index (Phi) is 6.81. The van der Waals surface area contributed by atoms with Gasteiger partial charge >= 0.3 is 0 Å². The summed E-state index contributed by atoms with van der Waals surface area (Å²) in [7, 11) is 0. The van der Waals surface area contributed by atoms with Crippen molar-refractivity contribution in [2.75, 3.05) is 0 Å². The van der Waals surface area contributed by atoms with Gasteiger partial charge in [-0.1, -0.05) is 146 Å². The molecule has 3 rings (SSSR count). The van der Waals surface area contributed by atoms with E-state index in [9.17, 15) is 0 Å². The molecule has 4 heteroatoms. The van der Waals surface area contributed by atoms with E-state index >= 15 is 0 Å². The molecule has 0 heterocycles. The number of rotatable bonds is 7. The molecule has 3 aromatic rings. The highest BCUT2D eigenvalue weighted by Gasteiger charge is 2.41. The van der Waals surface area contributed by atoms with E-state index in [4.69, 9.17) is 23.6 Å². The average molecular weight is 437 g/mol. The van der Waals surface area contributed by atoms with Crippen LogP contribution in [-0.4, -0.2) is 0 Å². The average Bonchev–Trinajstić information content (AvgIpc) is 2.78. The van der Waals surface area contributed by atoms with Crippen molar-refractivity contribution in [3.8, 4) is 0 Å². The van der Waals surface area contributed by atoms with E-state index < -0.39 is 11.5 Å². The third-order valence-corrected chi connectivity index (χ3v) is 22.4. The van der Waals surface area contributed by atoms with E-state index in [0.717, 1.165) is 21.2 Å². The van der Waals surface area contributed by atoms with E-state index in [-0.39, 0.29) is 0 Å².